The van der Waals surface area contributed by atoms with Gasteiger partial charge in [-0.1, -0.05) is 0 Å². The average Bonchev–Trinajstić information content (AvgIpc) is 3.01. The lowest BCUT2D eigenvalue weighted by Crippen LogP contribution is -2.48. The normalized spacial score (nSPS) is 25.6. The number of benzene rings is 1. The highest BCUT2D eigenvalue weighted by molar-refractivity contribution is 5.78. The van der Waals surface area contributed by atoms with E-state index in [1.165, 1.54) is 0 Å². The number of aliphatic hydroxyl groups is 1. The predicted octanol–water partition coefficient (Wildman–Crippen LogP) is 4.39. The molecule has 3 unspecified atom stereocenters. The smallest absolute Gasteiger partial charge is 0.390 e. The Labute approximate surface area is 169 Å². The van der Waals surface area contributed by atoms with E-state index in [2.05, 4.69) is 0 Å². The number of hydrogen-bond acceptors (Lipinski definition) is 3. The molecule has 2 saturated heterocycles. The monoisotopic (exact) mass is 439 g/mol. The zero-order valence-electron chi connectivity index (χ0n) is 16.5. The summed E-state index contributed by atoms with van der Waals surface area (Å²) in [6.45, 7) is 3.07. The fourth-order valence-corrected chi connectivity index (χ4v) is 4.12. The van der Waals surface area contributed by atoms with Gasteiger partial charge in [-0.2, -0.15) is 26.3 Å². The number of fused-ring (bicyclic) bond motifs is 1. The Morgan fingerprint density at radius 3 is 2.10 bits per heavy atom. The highest BCUT2D eigenvalue weighted by atomic mass is 19.4. The molecular formula is C20H23F6NO3. The van der Waals surface area contributed by atoms with Gasteiger partial charge in [0.2, 0.25) is 5.91 Å². The topological polar surface area (TPSA) is 49.8 Å². The molecule has 1 amide bonds. The van der Waals surface area contributed by atoms with Crippen molar-refractivity contribution in [2.45, 2.75) is 69.8 Å². The number of piperidine rings is 1. The van der Waals surface area contributed by atoms with Crippen molar-refractivity contribution in [3.8, 4) is 0 Å². The van der Waals surface area contributed by atoms with Gasteiger partial charge in [0.05, 0.1) is 29.4 Å². The molecule has 1 aromatic rings. The van der Waals surface area contributed by atoms with Crippen molar-refractivity contribution in [2.24, 2.45) is 5.92 Å². The van der Waals surface area contributed by atoms with Crippen LogP contribution in [0.3, 0.4) is 0 Å². The summed E-state index contributed by atoms with van der Waals surface area (Å²) in [5, 5.41) is 10.2. The van der Waals surface area contributed by atoms with E-state index in [9.17, 15) is 36.2 Å². The van der Waals surface area contributed by atoms with Gasteiger partial charge in [0.1, 0.15) is 0 Å². The van der Waals surface area contributed by atoms with Crippen LogP contribution < -0.4 is 0 Å². The van der Waals surface area contributed by atoms with E-state index in [-0.39, 0.29) is 42.5 Å². The van der Waals surface area contributed by atoms with E-state index in [1.54, 1.807) is 18.7 Å². The van der Waals surface area contributed by atoms with Crippen molar-refractivity contribution in [1.29, 1.82) is 0 Å². The first kappa shape index (κ1) is 22.9. The van der Waals surface area contributed by atoms with E-state index in [0.717, 1.165) is 0 Å². The van der Waals surface area contributed by atoms with Crippen molar-refractivity contribution < 1.29 is 41.0 Å². The van der Waals surface area contributed by atoms with Crippen LogP contribution in [0, 0.1) is 5.92 Å². The molecule has 3 rings (SSSR count). The van der Waals surface area contributed by atoms with Crippen molar-refractivity contribution in [3.63, 3.8) is 0 Å². The Bertz CT molecular complexity index is 767. The van der Waals surface area contributed by atoms with Crippen LogP contribution in [0.2, 0.25) is 0 Å². The largest absolute Gasteiger partial charge is 0.416 e. The van der Waals surface area contributed by atoms with Gasteiger partial charge in [-0.05, 0) is 56.4 Å². The number of amides is 1. The minimum atomic E-state index is -4.91. The number of nitrogens with zero attached hydrogens (tertiary/aromatic N) is 1. The Kier molecular flexibility index (Phi) is 5.87. The summed E-state index contributed by atoms with van der Waals surface area (Å²) in [6.07, 6.45) is -9.15. The molecular weight excluding hydrogens is 416 g/mol. The SMILES string of the molecule is CC(C)(O)C1CC(=O)N2CC(OCc3cc(C(F)(F)F)cc(C(F)(F)F)c3)CC2C1. The van der Waals surface area contributed by atoms with Gasteiger partial charge < -0.3 is 14.7 Å². The molecule has 0 radical (unpaired) electrons. The summed E-state index contributed by atoms with van der Waals surface area (Å²) < 4.78 is 83.5. The number of hydrogen-bond donors (Lipinski definition) is 1. The zero-order chi connectivity index (χ0) is 22.5. The number of halogens is 6. The van der Waals surface area contributed by atoms with Gasteiger partial charge in [0.15, 0.2) is 0 Å². The van der Waals surface area contributed by atoms with Gasteiger partial charge in [0, 0.05) is 19.0 Å². The molecule has 2 aliphatic heterocycles. The second kappa shape index (κ2) is 7.71. The quantitative estimate of drug-likeness (QED) is 0.708. The minimum absolute atomic E-state index is 0.0782. The minimum Gasteiger partial charge on any atom is -0.390 e. The molecule has 1 N–H and O–H groups in total. The second-order valence-corrected chi connectivity index (χ2v) is 8.57. The van der Waals surface area contributed by atoms with E-state index < -0.39 is 41.8 Å². The molecule has 1 aromatic carbocycles. The summed E-state index contributed by atoms with van der Waals surface area (Å²) in [4.78, 5) is 14.0. The molecule has 0 spiro atoms. The van der Waals surface area contributed by atoms with Crippen molar-refractivity contribution >= 4 is 5.91 Å². The number of carbonyl (C=O) groups excluding carboxylic acids is 1. The zero-order valence-corrected chi connectivity index (χ0v) is 16.5. The van der Waals surface area contributed by atoms with Gasteiger partial charge in [-0.15, -0.1) is 0 Å². The molecule has 0 saturated carbocycles. The first-order valence-electron chi connectivity index (χ1n) is 9.56. The molecule has 30 heavy (non-hydrogen) atoms. The Hall–Kier alpha value is -1.81. The van der Waals surface area contributed by atoms with Crippen LogP contribution >= 0.6 is 0 Å². The lowest BCUT2D eigenvalue weighted by molar-refractivity contribution is -0.143. The third kappa shape index (κ3) is 5.08. The van der Waals surface area contributed by atoms with Crippen LogP contribution in [-0.4, -0.2) is 40.2 Å². The van der Waals surface area contributed by atoms with E-state index in [0.29, 0.717) is 25.0 Å². The Balaban J connectivity index is 1.70. The Morgan fingerprint density at radius 1 is 1.03 bits per heavy atom. The van der Waals surface area contributed by atoms with Crippen LogP contribution in [-0.2, 0) is 28.5 Å². The lowest BCUT2D eigenvalue weighted by atomic mass is 9.80. The van der Waals surface area contributed by atoms with Gasteiger partial charge in [-0.25, -0.2) is 0 Å². The van der Waals surface area contributed by atoms with Crippen molar-refractivity contribution in [2.75, 3.05) is 6.54 Å². The van der Waals surface area contributed by atoms with Crippen LogP contribution in [0.15, 0.2) is 18.2 Å². The summed E-state index contributed by atoms with van der Waals surface area (Å²) in [7, 11) is 0. The number of ether oxygens (including phenoxy) is 1. The third-order valence-corrected chi connectivity index (χ3v) is 5.81. The summed E-state index contributed by atoms with van der Waals surface area (Å²) in [5.41, 5.74) is -4.03. The fourth-order valence-electron chi connectivity index (χ4n) is 4.12. The maximum absolute atomic E-state index is 13.0. The number of alkyl halides is 6. The van der Waals surface area contributed by atoms with Crippen LogP contribution in [0.1, 0.15) is 49.8 Å². The van der Waals surface area contributed by atoms with E-state index in [1.807, 2.05) is 0 Å². The van der Waals surface area contributed by atoms with E-state index >= 15 is 0 Å². The van der Waals surface area contributed by atoms with Crippen molar-refractivity contribution in [1.82, 2.24) is 4.90 Å². The molecule has 2 heterocycles. The summed E-state index contributed by atoms with van der Waals surface area (Å²) >= 11 is 0. The van der Waals surface area contributed by atoms with Crippen LogP contribution in [0.4, 0.5) is 26.3 Å². The molecule has 3 atom stereocenters. The first-order valence-corrected chi connectivity index (χ1v) is 9.56. The maximum Gasteiger partial charge on any atom is 0.416 e. The molecule has 2 aliphatic rings. The molecule has 168 valence electrons. The molecule has 0 bridgehead atoms. The van der Waals surface area contributed by atoms with Gasteiger partial charge in [0.25, 0.3) is 0 Å². The van der Waals surface area contributed by atoms with E-state index in [4.69, 9.17) is 4.74 Å². The van der Waals surface area contributed by atoms with Crippen LogP contribution in [0.5, 0.6) is 0 Å². The number of rotatable bonds is 4. The highest BCUT2D eigenvalue weighted by Gasteiger charge is 2.45. The van der Waals surface area contributed by atoms with Crippen molar-refractivity contribution in [3.05, 3.63) is 34.9 Å². The first-order chi connectivity index (χ1) is 13.6. The average molecular weight is 439 g/mol. The fraction of sp³-hybridized carbons (Fsp3) is 0.650. The predicted molar refractivity (Wildman–Crippen MR) is 94.2 cm³/mol. The second-order valence-electron chi connectivity index (χ2n) is 8.57. The van der Waals surface area contributed by atoms with Gasteiger partial charge in [-0.3, -0.25) is 4.79 Å². The number of carbonyl (C=O) groups is 1. The molecule has 2 fully saturated rings. The molecule has 10 heteroatoms. The standard InChI is InChI=1S/C20H23F6NO3/c1-18(2,29)12-6-15-8-16(9-27(15)17(28)7-12)30-10-11-3-13(19(21,22)23)5-14(4-11)20(24,25)26/h3-5,12,15-16,29H,6-10H2,1-2H3. The molecule has 0 aromatic heterocycles. The molecule has 4 nitrogen and oxygen atoms in total. The van der Waals surface area contributed by atoms with Crippen LogP contribution in [0.25, 0.3) is 0 Å². The summed E-state index contributed by atoms with van der Waals surface area (Å²) in [5.74, 6) is -0.356. The van der Waals surface area contributed by atoms with Gasteiger partial charge >= 0.3 is 12.4 Å². The highest BCUT2D eigenvalue weighted by Crippen LogP contribution is 2.39. The molecule has 0 aliphatic carbocycles. The maximum atomic E-state index is 13.0. The lowest BCUT2D eigenvalue weighted by Gasteiger charge is -2.39. The third-order valence-electron chi connectivity index (χ3n) is 5.81. The Morgan fingerprint density at radius 2 is 1.60 bits per heavy atom. The summed E-state index contributed by atoms with van der Waals surface area (Å²) in [6, 6.07) is 1.20.